The molecule has 1 aliphatic heterocycles. The van der Waals surface area contributed by atoms with Crippen LogP contribution in [0.25, 0.3) is 0 Å². The Balaban J connectivity index is 1.76. The van der Waals surface area contributed by atoms with Crippen LogP contribution in [0.2, 0.25) is 0 Å². The minimum Gasteiger partial charge on any atom is -0.492 e. The quantitative estimate of drug-likeness (QED) is 0.863. The first kappa shape index (κ1) is 16.5. The molecule has 0 radical (unpaired) electrons. The molecule has 1 unspecified atom stereocenters. The molecule has 1 N–H and O–H groups in total. The normalized spacial score (nSPS) is 17.4. The van der Waals surface area contributed by atoms with E-state index in [9.17, 15) is 8.42 Å². The maximum atomic E-state index is 12.5. The number of fused-ring (bicyclic) bond motifs is 1. The van der Waals surface area contributed by atoms with Gasteiger partial charge in [0.15, 0.2) is 0 Å². The third-order valence-electron chi connectivity index (χ3n) is 3.89. The molecule has 1 atom stereocenters. The molecular formula is C17H18BrNO3S. The minimum atomic E-state index is -3.54. The molecule has 122 valence electrons. The van der Waals surface area contributed by atoms with Crippen LogP contribution in [0.3, 0.4) is 0 Å². The van der Waals surface area contributed by atoms with Gasteiger partial charge in [0.25, 0.3) is 0 Å². The van der Waals surface area contributed by atoms with E-state index in [-0.39, 0.29) is 10.9 Å². The summed E-state index contributed by atoms with van der Waals surface area (Å²) in [5, 5.41) is 0. The van der Waals surface area contributed by atoms with Gasteiger partial charge < -0.3 is 4.74 Å². The van der Waals surface area contributed by atoms with Crippen LogP contribution in [-0.4, -0.2) is 21.1 Å². The summed E-state index contributed by atoms with van der Waals surface area (Å²) < 4.78 is 34.4. The maximum Gasteiger partial charge on any atom is 0.240 e. The van der Waals surface area contributed by atoms with Crippen molar-refractivity contribution >= 4 is 26.0 Å². The zero-order chi connectivity index (χ0) is 16.4. The molecule has 3 rings (SSSR count). The molecule has 1 aliphatic rings. The molecule has 1 heterocycles. The first-order valence-corrected chi connectivity index (χ1v) is 9.78. The summed E-state index contributed by atoms with van der Waals surface area (Å²) in [6.45, 7) is 2.37. The van der Waals surface area contributed by atoms with Gasteiger partial charge >= 0.3 is 0 Å². The predicted molar refractivity (Wildman–Crippen MR) is 93.3 cm³/mol. The number of nitrogens with one attached hydrogen (secondary N) is 1. The Kier molecular flexibility index (Phi) is 4.75. The van der Waals surface area contributed by atoms with Crippen LogP contribution in [-0.2, 0) is 22.9 Å². The second kappa shape index (κ2) is 6.63. The zero-order valence-electron chi connectivity index (χ0n) is 12.8. The van der Waals surface area contributed by atoms with E-state index in [1.165, 1.54) is 0 Å². The van der Waals surface area contributed by atoms with E-state index in [1.807, 2.05) is 37.3 Å². The Morgan fingerprint density at radius 2 is 1.96 bits per heavy atom. The molecule has 2 aromatic carbocycles. The Morgan fingerprint density at radius 1 is 1.22 bits per heavy atom. The van der Waals surface area contributed by atoms with E-state index >= 15 is 0 Å². The lowest BCUT2D eigenvalue weighted by molar-refractivity contribution is 0.254. The minimum absolute atomic E-state index is 0.271. The van der Waals surface area contributed by atoms with Crippen LogP contribution < -0.4 is 9.46 Å². The molecule has 0 saturated heterocycles. The summed E-state index contributed by atoms with van der Waals surface area (Å²) in [4.78, 5) is 0.287. The molecule has 0 spiro atoms. The second-order valence-electron chi connectivity index (χ2n) is 5.58. The Hall–Kier alpha value is -1.37. The lowest BCUT2D eigenvalue weighted by atomic mass is 10.0. The van der Waals surface area contributed by atoms with Crippen LogP contribution in [0.1, 0.15) is 18.1 Å². The highest BCUT2D eigenvalue weighted by atomic mass is 79.9. The van der Waals surface area contributed by atoms with Crippen LogP contribution in [0.15, 0.2) is 51.8 Å². The first-order valence-electron chi connectivity index (χ1n) is 7.50. The van der Waals surface area contributed by atoms with E-state index in [4.69, 9.17) is 4.74 Å². The fourth-order valence-electron chi connectivity index (χ4n) is 2.63. The topological polar surface area (TPSA) is 55.4 Å². The van der Waals surface area contributed by atoms with Crippen molar-refractivity contribution in [1.82, 2.24) is 4.72 Å². The first-order chi connectivity index (χ1) is 11.0. The highest BCUT2D eigenvalue weighted by Crippen LogP contribution is 2.28. The monoisotopic (exact) mass is 395 g/mol. The molecule has 0 aliphatic carbocycles. The average molecular weight is 396 g/mol. The largest absolute Gasteiger partial charge is 0.492 e. The van der Waals surface area contributed by atoms with E-state index in [0.29, 0.717) is 13.0 Å². The lowest BCUT2D eigenvalue weighted by Crippen LogP contribution is -2.42. The third kappa shape index (κ3) is 3.76. The maximum absolute atomic E-state index is 12.5. The van der Waals surface area contributed by atoms with E-state index in [2.05, 4.69) is 20.7 Å². The third-order valence-corrected chi connectivity index (χ3v) is 5.92. The summed E-state index contributed by atoms with van der Waals surface area (Å²) >= 11 is 3.43. The average Bonchev–Trinajstić information content (AvgIpc) is 2.54. The number of aryl methyl sites for hydroxylation is 1. The van der Waals surface area contributed by atoms with Crippen molar-refractivity contribution < 1.29 is 13.2 Å². The zero-order valence-corrected chi connectivity index (χ0v) is 15.2. The van der Waals surface area contributed by atoms with E-state index < -0.39 is 10.0 Å². The lowest BCUT2D eigenvalue weighted by Gasteiger charge is -2.26. The van der Waals surface area contributed by atoms with Gasteiger partial charge in [-0.15, -0.1) is 0 Å². The van der Waals surface area contributed by atoms with Crippen LogP contribution >= 0.6 is 15.9 Å². The Bertz CT molecular complexity index is 803. The Labute approximate surface area is 145 Å². The van der Waals surface area contributed by atoms with Gasteiger partial charge in [0, 0.05) is 4.47 Å². The smallest absolute Gasteiger partial charge is 0.240 e. The second-order valence-corrected chi connectivity index (χ2v) is 8.21. The van der Waals surface area contributed by atoms with Crippen molar-refractivity contribution in [1.29, 1.82) is 0 Å². The summed E-state index contributed by atoms with van der Waals surface area (Å²) in [5.74, 6) is 0.816. The number of benzene rings is 2. The van der Waals surface area contributed by atoms with Crippen molar-refractivity contribution in [2.75, 3.05) is 6.61 Å². The molecule has 0 saturated carbocycles. The summed E-state index contributed by atoms with van der Waals surface area (Å²) in [7, 11) is -3.54. The number of rotatable bonds is 4. The van der Waals surface area contributed by atoms with Crippen molar-refractivity contribution in [2.45, 2.75) is 30.7 Å². The SMILES string of the molecule is CCc1ccc(S(=O)(=O)NC2COc3ccc(Br)cc3C2)cc1. The van der Waals surface area contributed by atoms with Crippen molar-refractivity contribution in [3.05, 3.63) is 58.1 Å². The molecule has 0 aromatic heterocycles. The van der Waals surface area contributed by atoms with Crippen molar-refractivity contribution in [3.63, 3.8) is 0 Å². The molecule has 23 heavy (non-hydrogen) atoms. The molecule has 0 bridgehead atoms. The highest BCUT2D eigenvalue weighted by molar-refractivity contribution is 9.10. The molecular weight excluding hydrogens is 378 g/mol. The van der Waals surface area contributed by atoms with Gasteiger partial charge in [-0.25, -0.2) is 13.1 Å². The molecule has 6 heteroatoms. The Morgan fingerprint density at radius 3 is 2.65 bits per heavy atom. The molecule has 4 nitrogen and oxygen atoms in total. The number of hydrogen-bond acceptors (Lipinski definition) is 3. The fourth-order valence-corrected chi connectivity index (χ4v) is 4.26. The van der Waals surface area contributed by atoms with Crippen LogP contribution in [0.5, 0.6) is 5.75 Å². The number of sulfonamides is 1. The van der Waals surface area contributed by atoms with Gasteiger partial charge in [0.1, 0.15) is 12.4 Å². The van der Waals surface area contributed by atoms with Crippen LogP contribution in [0, 0.1) is 0 Å². The highest BCUT2D eigenvalue weighted by Gasteiger charge is 2.25. The number of hydrogen-bond donors (Lipinski definition) is 1. The van der Waals surface area contributed by atoms with Gasteiger partial charge in [-0.05, 0) is 54.3 Å². The standard InChI is InChI=1S/C17H18BrNO3S/c1-2-12-3-6-16(7-4-12)23(20,21)19-15-10-13-9-14(18)5-8-17(13)22-11-15/h3-9,15,19H,2,10-11H2,1H3. The van der Waals surface area contributed by atoms with Gasteiger partial charge in [-0.2, -0.15) is 0 Å². The summed E-state index contributed by atoms with van der Waals surface area (Å²) in [5.41, 5.74) is 2.11. The van der Waals surface area contributed by atoms with Gasteiger partial charge in [0.05, 0.1) is 10.9 Å². The fraction of sp³-hybridized carbons (Fsp3) is 0.294. The summed E-state index contributed by atoms with van der Waals surface area (Å²) in [6.07, 6.45) is 1.50. The van der Waals surface area contributed by atoms with Crippen molar-refractivity contribution in [3.8, 4) is 5.75 Å². The van der Waals surface area contributed by atoms with Gasteiger partial charge in [-0.1, -0.05) is 35.0 Å². The number of ether oxygens (including phenoxy) is 1. The summed E-state index contributed by atoms with van der Waals surface area (Å²) in [6, 6.07) is 12.5. The van der Waals surface area contributed by atoms with Crippen molar-refractivity contribution in [2.24, 2.45) is 0 Å². The van der Waals surface area contributed by atoms with Gasteiger partial charge in [0.2, 0.25) is 10.0 Å². The van der Waals surface area contributed by atoms with E-state index in [0.717, 1.165) is 27.8 Å². The van der Waals surface area contributed by atoms with Gasteiger partial charge in [-0.3, -0.25) is 0 Å². The molecule has 0 amide bonds. The number of halogens is 1. The predicted octanol–water partition coefficient (Wildman–Crippen LogP) is 3.29. The van der Waals surface area contributed by atoms with Crippen LogP contribution in [0.4, 0.5) is 0 Å². The van der Waals surface area contributed by atoms with E-state index in [1.54, 1.807) is 12.1 Å². The molecule has 2 aromatic rings. The molecule has 0 fully saturated rings.